The molecule has 4 rings (SSSR count). The van der Waals surface area contributed by atoms with Gasteiger partial charge in [0.15, 0.2) is 17.7 Å². The van der Waals surface area contributed by atoms with Gasteiger partial charge in [0.05, 0.1) is 25.3 Å². The molecule has 0 spiro atoms. The zero-order valence-corrected chi connectivity index (χ0v) is 19.6. The molecule has 33 heavy (non-hydrogen) atoms. The third-order valence-corrected chi connectivity index (χ3v) is 6.11. The van der Waals surface area contributed by atoms with Gasteiger partial charge < -0.3 is 30.0 Å². The number of rotatable bonds is 7. The molecule has 0 radical (unpaired) electrons. The van der Waals surface area contributed by atoms with Gasteiger partial charge in [-0.1, -0.05) is 23.7 Å². The molecule has 11 heteroatoms. The van der Waals surface area contributed by atoms with Gasteiger partial charge in [-0.3, -0.25) is 0 Å². The molecule has 176 valence electrons. The Kier molecular flexibility index (Phi) is 6.44. The summed E-state index contributed by atoms with van der Waals surface area (Å²) >= 11 is 6.15. The third kappa shape index (κ3) is 4.22. The van der Waals surface area contributed by atoms with Gasteiger partial charge >= 0.3 is 0 Å². The van der Waals surface area contributed by atoms with E-state index in [1.54, 1.807) is 32.2 Å². The highest BCUT2D eigenvalue weighted by Crippen LogP contribution is 2.48. The van der Waals surface area contributed by atoms with Crippen molar-refractivity contribution in [3.8, 4) is 5.75 Å². The first-order valence-electron chi connectivity index (χ1n) is 10.3. The van der Waals surface area contributed by atoms with Crippen LogP contribution >= 0.6 is 11.6 Å². The van der Waals surface area contributed by atoms with Crippen molar-refractivity contribution in [3.05, 3.63) is 58.9 Å². The van der Waals surface area contributed by atoms with Crippen molar-refractivity contribution in [2.24, 2.45) is 7.05 Å². The van der Waals surface area contributed by atoms with E-state index in [0.717, 1.165) is 5.69 Å². The maximum Gasteiger partial charge on any atom is 0.199 e. The summed E-state index contributed by atoms with van der Waals surface area (Å²) in [6, 6.07) is 12.1. The normalized spacial score (nSPS) is 22.2. The van der Waals surface area contributed by atoms with Crippen LogP contribution in [0.4, 0.5) is 11.4 Å². The van der Waals surface area contributed by atoms with E-state index in [1.165, 1.54) is 19.0 Å². The molecule has 0 saturated heterocycles. The van der Waals surface area contributed by atoms with E-state index in [1.807, 2.05) is 29.2 Å². The van der Waals surface area contributed by atoms with Crippen LogP contribution in [-0.2, 0) is 23.1 Å². The van der Waals surface area contributed by atoms with Crippen molar-refractivity contribution < 1.29 is 19.3 Å². The Morgan fingerprint density at radius 3 is 2.55 bits per heavy atom. The first-order valence-corrected chi connectivity index (χ1v) is 10.7. The van der Waals surface area contributed by atoms with Gasteiger partial charge in [0, 0.05) is 30.5 Å². The number of benzene rings is 2. The molecule has 1 aliphatic heterocycles. The van der Waals surface area contributed by atoms with E-state index in [-0.39, 0.29) is 6.54 Å². The van der Waals surface area contributed by atoms with Gasteiger partial charge in [-0.05, 0) is 42.5 Å². The number of ether oxygens (including phenoxy) is 3. The summed E-state index contributed by atoms with van der Waals surface area (Å²) in [5.74, 6) is 0.939. The average Bonchev–Trinajstić information content (AvgIpc) is 3.20. The van der Waals surface area contributed by atoms with E-state index < -0.39 is 24.0 Å². The molecular weight excluding hydrogens is 448 g/mol. The van der Waals surface area contributed by atoms with Crippen molar-refractivity contribution >= 4 is 23.0 Å². The minimum atomic E-state index is -1.28. The molecule has 1 unspecified atom stereocenters. The van der Waals surface area contributed by atoms with E-state index in [9.17, 15) is 5.11 Å². The van der Waals surface area contributed by atoms with Gasteiger partial charge in [-0.25, -0.2) is 0 Å². The molecule has 2 aromatic carbocycles. The minimum absolute atomic E-state index is 0.256. The number of hydrogen-bond acceptors (Lipinski definition) is 9. The summed E-state index contributed by atoms with van der Waals surface area (Å²) in [7, 11) is 4.69. The number of hydrogen-bond donors (Lipinski definition) is 2. The Hall–Kier alpha value is -2.92. The van der Waals surface area contributed by atoms with E-state index in [4.69, 9.17) is 31.5 Å². The van der Waals surface area contributed by atoms with Crippen LogP contribution in [0.3, 0.4) is 0 Å². The second kappa shape index (κ2) is 9.14. The lowest BCUT2D eigenvalue weighted by Crippen LogP contribution is -2.62. The summed E-state index contributed by atoms with van der Waals surface area (Å²) in [5.41, 5.74) is 6.97. The van der Waals surface area contributed by atoms with Crippen molar-refractivity contribution in [2.75, 3.05) is 24.9 Å². The average molecular weight is 475 g/mol. The van der Waals surface area contributed by atoms with Crippen molar-refractivity contribution in [1.82, 2.24) is 20.2 Å². The number of fused-ring (bicyclic) bond motifs is 1. The van der Waals surface area contributed by atoms with Crippen LogP contribution in [0.1, 0.15) is 24.4 Å². The van der Waals surface area contributed by atoms with Crippen LogP contribution in [-0.4, -0.2) is 57.5 Å². The molecule has 0 bridgehead atoms. The fourth-order valence-corrected chi connectivity index (χ4v) is 4.43. The highest BCUT2D eigenvalue weighted by molar-refractivity contribution is 6.30. The van der Waals surface area contributed by atoms with Crippen molar-refractivity contribution in [2.45, 2.75) is 37.5 Å². The van der Waals surface area contributed by atoms with E-state index >= 15 is 0 Å². The number of aryl methyl sites for hydroxylation is 1. The first kappa shape index (κ1) is 23.2. The fraction of sp³-hybridized carbons (Fsp3) is 0.409. The second-order valence-electron chi connectivity index (χ2n) is 8.04. The Morgan fingerprint density at radius 1 is 1.24 bits per heavy atom. The number of nitrogens with two attached hydrogens (primary N) is 1. The number of nitrogen functional groups attached to an aromatic ring is 1. The number of tetrazole rings is 1. The third-order valence-electron chi connectivity index (χ3n) is 5.85. The number of halogens is 1. The number of aliphatic hydroxyl groups is 1. The smallest absolute Gasteiger partial charge is 0.199 e. The molecule has 0 aliphatic carbocycles. The Bertz CT molecular complexity index is 1110. The van der Waals surface area contributed by atoms with E-state index in [2.05, 4.69) is 15.4 Å². The molecule has 10 nitrogen and oxygen atoms in total. The zero-order valence-electron chi connectivity index (χ0n) is 18.8. The maximum atomic E-state index is 11.8. The van der Waals surface area contributed by atoms with Gasteiger partial charge in [0.1, 0.15) is 11.9 Å². The largest absolute Gasteiger partial charge is 0.477 e. The van der Waals surface area contributed by atoms with Crippen molar-refractivity contribution in [1.29, 1.82) is 0 Å². The summed E-state index contributed by atoms with van der Waals surface area (Å²) in [6.45, 7) is 1.99. The Labute approximate surface area is 196 Å². The molecule has 0 saturated carbocycles. The molecule has 3 N–H and O–H groups in total. The number of aliphatic hydroxyl groups excluding tert-OH is 1. The van der Waals surface area contributed by atoms with Crippen LogP contribution in [0.2, 0.25) is 5.02 Å². The summed E-state index contributed by atoms with van der Waals surface area (Å²) in [5, 5.41) is 24.8. The summed E-state index contributed by atoms with van der Waals surface area (Å²) < 4.78 is 17.3. The lowest BCUT2D eigenvalue weighted by Gasteiger charge is -2.50. The quantitative estimate of drug-likeness (QED) is 0.392. The summed E-state index contributed by atoms with van der Waals surface area (Å²) in [6.07, 6.45) is -1.96. The Morgan fingerprint density at radius 2 is 1.94 bits per heavy atom. The predicted molar refractivity (Wildman–Crippen MR) is 123 cm³/mol. The molecule has 2 heterocycles. The lowest BCUT2D eigenvalue weighted by atomic mass is 9.83. The molecule has 3 atom stereocenters. The monoisotopic (exact) mass is 474 g/mol. The second-order valence-corrected chi connectivity index (χ2v) is 8.48. The van der Waals surface area contributed by atoms with Crippen LogP contribution in [0.25, 0.3) is 0 Å². The van der Waals surface area contributed by atoms with Crippen molar-refractivity contribution in [3.63, 3.8) is 0 Å². The highest BCUT2D eigenvalue weighted by Gasteiger charge is 2.54. The molecule has 1 aliphatic rings. The topological polar surface area (TPSA) is 121 Å². The standard InChI is InChI=1S/C22H27ClN6O4/c1-22(21(31-3)32-4)20(30)18(15-6-5-7-16(24)19(15)33-22)29(12-17-25-27-28(2)26-17)14-10-8-13(23)9-11-14/h5-11,18,20-21,30H,12,24H2,1-4H3/t18-,20+,22?/m1/s1. The minimum Gasteiger partial charge on any atom is -0.477 e. The number of methoxy groups -OCH3 is 2. The molecule has 1 aromatic heterocycles. The zero-order chi connectivity index (χ0) is 23.8. The predicted octanol–water partition coefficient (Wildman–Crippen LogP) is 2.32. The summed E-state index contributed by atoms with van der Waals surface area (Å²) in [4.78, 5) is 3.36. The number of para-hydroxylation sites is 1. The number of nitrogens with zero attached hydrogens (tertiary/aromatic N) is 5. The Balaban J connectivity index is 1.89. The molecule has 0 fully saturated rings. The molecular formula is C22H27ClN6O4. The van der Waals surface area contributed by atoms with Crippen LogP contribution < -0.4 is 15.4 Å². The van der Waals surface area contributed by atoms with Crippen LogP contribution in [0, 0.1) is 0 Å². The lowest BCUT2D eigenvalue weighted by molar-refractivity contribution is -0.237. The molecule has 3 aromatic rings. The van der Waals surface area contributed by atoms with Crippen LogP contribution in [0.5, 0.6) is 5.75 Å². The SMILES string of the molecule is COC(OC)C1(C)Oc2c(N)cccc2[C@@H](N(Cc2nnn(C)n2)c2ccc(Cl)cc2)[C@@H]1O. The van der Waals surface area contributed by atoms with Crippen LogP contribution in [0.15, 0.2) is 42.5 Å². The molecule has 0 amide bonds. The van der Waals surface area contributed by atoms with Gasteiger partial charge in [0.25, 0.3) is 0 Å². The van der Waals surface area contributed by atoms with Gasteiger partial charge in [0.2, 0.25) is 0 Å². The van der Waals surface area contributed by atoms with Gasteiger partial charge in [-0.2, -0.15) is 4.80 Å². The maximum absolute atomic E-state index is 11.8. The van der Waals surface area contributed by atoms with Gasteiger partial charge in [-0.15, -0.1) is 10.2 Å². The highest BCUT2D eigenvalue weighted by atomic mass is 35.5. The fourth-order valence-electron chi connectivity index (χ4n) is 4.30. The van der Waals surface area contributed by atoms with E-state index in [0.29, 0.717) is 27.8 Å². The number of anilines is 2. The first-order chi connectivity index (χ1) is 15.8. The number of aromatic nitrogens is 4.